The number of rotatable bonds is 8. The summed E-state index contributed by atoms with van der Waals surface area (Å²) in [6.07, 6.45) is 10.2. The molecule has 2 aliphatic heterocycles. The highest BCUT2D eigenvalue weighted by molar-refractivity contribution is 5.79. The molecule has 1 amide bonds. The van der Waals surface area contributed by atoms with E-state index in [1.807, 2.05) is 13.8 Å². The van der Waals surface area contributed by atoms with E-state index >= 15 is 0 Å². The van der Waals surface area contributed by atoms with Gasteiger partial charge >= 0.3 is 0 Å². The zero-order chi connectivity index (χ0) is 19.0. The molecule has 1 spiro atoms. The number of hydrogen-bond acceptors (Lipinski definition) is 2. The van der Waals surface area contributed by atoms with E-state index < -0.39 is 0 Å². The number of carbonyl (C=O) groups is 1. The molecule has 0 saturated carbocycles. The number of hydrogen-bond donors (Lipinski definition) is 0. The van der Waals surface area contributed by atoms with Crippen LogP contribution in [0.5, 0.6) is 0 Å². The maximum absolute atomic E-state index is 12.1. The van der Waals surface area contributed by atoms with Crippen molar-refractivity contribution >= 4 is 5.91 Å². The van der Waals surface area contributed by atoms with Gasteiger partial charge in [-0.1, -0.05) is 65.2 Å². The highest BCUT2D eigenvalue weighted by atomic mass is 16.2. The molecule has 0 aromatic carbocycles. The van der Waals surface area contributed by atoms with Gasteiger partial charge in [0.2, 0.25) is 5.91 Å². The Morgan fingerprint density at radius 2 is 1.73 bits per heavy atom. The van der Waals surface area contributed by atoms with Crippen molar-refractivity contribution in [3.05, 3.63) is 0 Å². The van der Waals surface area contributed by atoms with Crippen molar-refractivity contribution in [3.63, 3.8) is 0 Å². The van der Waals surface area contributed by atoms with Crippen molar-refractivity contribution in [2.24, 2.45) is 17.3 Å². The van der Waals surface area contributed by atoms with Crippen molar-refractivity contribution < 1.29 is 4.79 Å². The monoisotopic (exact) mass is 360 g/mol. The number of amides is 1. The fraction of sp³-hybridized carbons (Fsp3) is 0.870. The average molecular weight is 361 g/mol. The average Bonchev–Trinajstić information content (AvgIpc) is 2.60. The first-order chi connectivity index (χ1) is 12.5. The maximum Gasteiger partial charge on any atom is 0.225 e. The standard InChI is InChI=1S/C23H40N2O/c1-5-7-8-11-21(10-6-2)12-9-15-24-16-13-23(14-17-24)18-25(19-23)22(26)20(3)4/h20-21H,5-8,10-11,13-19H2,1-4H3. The van der Waals surface area contributed by atoms with Gasteiger partial charge < -0.3 is 4.90 Å². The second kappa shape index (κ2) is 10.4. The Balaban J connectivity index is 1.70. The Morgan fingerprint density at radius 3 is 2.31 bits per heavy atom. The first-order valence-corrected chi connectivity index (χ1v) is 11.0. The van der Waals surface area contributed by atoms with E-state index in [1.54, 1.807) is 0 Å². The maximum atomic E-state index is 12.1. The molecule has 2 saturated heterocycles. The van der Waals surface area contributed by atoms with E-state index in [2.05, 4.69) is 35.5 Å². The Bertz CT molecular complexity index is 486. The van der Waals surface area contributed by atoms with Crippen LogP contribution in [0.1, 0.15) is 79.1 Å². The molecule has 2 fully saturated rings. The van der Waals surface area contributed by atoms with Gasteiger partial charge in [-0.2, -0.15) is 0 Å². The van der Waals surface area contributed by atoms with E-state index in [4.69, 9.17) is 0 Å². The Morgan fingerprint density at radius 1 is 1.04 bits per heavy atom. The highest BCUT2D eigenvalue weighted by Gasteiger charge is 2.46. The zero-order valence-corrected chi connectivity index (χ0v) is 17.6. The van der Waals surface area contributed by atoms with E-state index in [0.717, 1.165) is 32.7 Å². The third-order valence-electron chi connectivity index (χ3n) is 6.18. The lowest BCUT2D eigenvalue weighted by Gasteiger charge is -2.54. The smallest absolute Gasteiger partial charge is 0.225 e. The third kappa shape index (κ3) is 6.02. The second-order valence-corrected chi connectivity index (χ2v) is 8.93. The van der Waals surface area contributed by atoms with Crippen molar-refractivity contribution in [1.82, 2.24) is 9.80 Å². The van der Waals surface area contributed by atoms with Crippen LogP contribution >= 0.6 is 0 Å². The number of piperidine rings is 1. The fourth-order valence-corrected chi connectivity index (χ4v) is 4.37. The van der Waals surface area contributed by atoms with Crippen LogP contribution in [0.4, 0.5) is 0 Å². The molecule has 2 rings (SSSR count). The van der Waals surface area contributed by atoms with Crippen LogP contribution in [0.3, 0.4) is 0 Å². The predicted octanol–water partition coefficient (Wildman–Crippen LogP) is 4.57. The molecule has 3 nitrogen and oxygen atoms in total. The number of unbranched alkanes of at least 4 members (excludes halogenated alkanes) is 2. The summed E-state index contributed by atoms with van der Waals surface area (Å²) in [5.74, 6) is 8.11. The van der Waals surface area contributed by atoms with E-state index in [1.165, 1.54) is 51.4 Å². The largest absolute Gasteiger partial charge is 0.341 e. The number of likely N-dealkylation sites (tertiary alicyclic amines) is 2. The minimum atomic E-state index is 0.135. The van der Waals surface area contributed by atoms with Gasteiger partial charge in [-0.15, -0.1) is 0 Å². The molecule has 0 aliphatic carbocycles. The lowest BCUT2D eigenvalue weighted by atomic mass is 9.71. The Hall–Kier alpha value is -1.01. The zero-order valence-electron chi connectivity index (χ0n) is 17.6. The molecular formula is C23H40N2O. The topological polar surface area (TPSA) is 23.6 Å². The minimum absolute atomic E-state index is 0.135. The summed E-state index contributed by atoms with van der Waals surface area (Å²) in [6.45, 7) is 13.7. The van der Waals surface area contributed by atoms with Gasteiger partial charge in [-0.3, -0.25) is 9.69 Å². The summed E-state index contributed by atoms with van der Waals surface area (Å²) in [6, 6.07) is 0. The molecule has 26 heavy (non-hydrogen) atoms. The van der Waals surface area contributed by atoms with Gasteiger partial charge in [0, 0.05) is 30.3 Å². The molecule has 1 unspecified atom stereocenters. The molecule has 0 N–H and O–H groups in total. The lowest BCUT2D eigenvalue weighted by molar-refractivity contribution is -0.150. The van der Waals surface area contributed by atoms with Gasteiger partial charge in [0.25, 0.3) is 0 Å². The molecule has 2 aliphatic rings. The number of nitrogens with zero attached hydrogens (tertiary/aromatic N) is 2. The van der Waals surface area contributed by atoms with E-state index in [0.29, 0.717) is 17.2 Å². The first kappa shape index (κ1) is 21.3. The van der Waals surface area contributed by atoms with E-state index in [9.17, 15) is 4.79 Å². The fourth-order valence-electron chi connectivity index (χ4n) is 4.37. The van der Waals surface area contributed by atoms with Gasteiger partial charge in [0.05, 0.1) is 6.54 Å². The summed E-state index contributed by atoms with van der Waals surface area (Å²) < 4.78 is 0. The SMILES string of the molecule is CCCCCC(C#CCN1CCC2(CC1)CN(C(=O)C(C)C)C2)CCC. The van der Waals surface area contributed by atoms with Crippen molar-refractivity contribution in [2.45, 2.75) is 79.1 Å². The van der Waals surface area contributed by atoms with E-state index in [-0.39, 0.29) is 5.92 Å². The number of carbonyl (C=O) groups excluding carboxylic acids is 1. The summed E-state index contributed by atoms with van der Waals surface area (Å²) in [5.41, 5.74) is 0.416. The van der Waals surface area contributed by atoms with Crippen LogP contribution < -0.4 is 0 Å². The van der Waals surface area contributed by atoms with Crippen molar-refractivity contribution in [3.8, 4) is 11.8 Å². The predicted molar refractivity (Wildman–Crippen MR) is 110 cm³/mol. The lowest BCUT2D eigenvalue weighted by Crippen LogP contribution is -2.62. The highest BCUT2D eigenvalue weighted by Crippen LogP contribution is 2.40. The van der Waals surface area contributed by atoms with Crippen LogP contribution in [-0.2, 0) is 4.79 Å². The molecule has 1 atom stereocenters. The third-order valence-corrected chi connectivity index (χ3v) is 6.18. The Kier molecular flexibility index (Phi) is 8.48. The molecular weight excluding hydrogens is 320 g/mol. The van der Waals surface area contributed by atoms with Crippen LogP contribution in [0.2, 0.25) is 0 Å². The normalized spacial score (nSPS) is 20.6. The molecule has 0 bridgehead atoms. The van der Waals surface area contributed by atoms with Crippen LogP contribution in [-0.4, -0.2) is 48.4 Å². The van der Waals surface area contributed by atoms with Crippen molar-refractivity contribution in [1.29, 1.82) is 0 Å². The van der Waals surface area contributed by atoms with Gasteiger partial charge in [-0.25, -0.2) is 0 Å². The summed E-state index contributed by atoms with van der Waals surface area (Å²) in [4.78, 5) is 16.6. The molecule has 148 valence electrons. The second-order valence-electron chi connectivity index (χ2n) is 8.93. The molecule has 0 aromatic heterocycles. The van der Waals surface area contributed by atoms with Gasteiger partial charge in [0.15, 0.2) is 0 Å². The summed E-state index contributed by atoms with van der Waals surface area (Å²) in [5, 5.41) is 0. The van der Waals surface area contributed by atoms with Crippen LogP contribution in [0.15, 0.2) is 0 Å². The Labute approximate surface area is 161 Å². The first-order valence-electron chi connectivity index (χ1n) is 11.0. The summed E-state index contributed by atoms with van der Waals surface area (Å²) in [7, 11) is 0. The molecule has 2 heterocycles. The quantitative estimate of drug-likeness (QED) is 0.468. The molecule has 0 radical (unpaired) electrons. The summed E-state index contributed by atoms with van der Waals surface area (Å²) >= 11 is 0. The van der Waals surface area contributed by atoms with Crippen LogP contribution in [0, 0.1) is 29.1 Å². The molecule has 3 heteroatoms. The minimum Gasteiger partial charge on any atom is -0.341 e. The van der Waals surface area contributed by atoms with Crippen LogP contribution in [0.25, 0.3) is 0 Å². The molecule has 0 aromatic rings. The van der Waals surface area contributed by atoms with Gasteiger partial charge in [-0.05, 0) is 38.8 Å². The van der Waals surface area contributed by atoms with Gasteiger partial charge in [0.1, 0.15) is 0 Å². The van der Waals surface area contributed by atoms with Crippen molar-refractivity contribution in [2.75, 3.05) is 32.7 Å².